The summed E-state index contributed by atoms with van der Waals surface area (Å²) >= 11 is 1.17. The Morgan fingerprint density at radius 1 is 1.10 bits per heavy atom. The molecule has 0 atom stereocenters. The Hall–Kier alpha value is -4.18. The minimum absolute atomic E-state index is 0.0842. The molecular formula is C29H28N4O5S. The van der Waals surface area contributed by atoms with Gasteiger partial charge in [0.05, 0.1) is 23.2 Å². The van der Waals surface area contributed by atoms with Gasteiger partial charge in [0.1, 0.15) is 16.8 Å². The van der Waals surface area contributed by atoms with Gasteiger partial charge in [-0.3, -0.25) is 14.2 Å². The number of carbonyl (C=O) groups excluding carboxylic acids is 1. The standard InChI is InChI=1S/C29H28N4O5S/c1-32-21-11-9-17(24-8-5-13-38-24)14-20(21)26-27(32)28(37)33(19-10-12-22(34)23(35)15-19)29(31-26)39-16-25(36)30-18-6-3-2-4-7-18/h5,8-15,18,34-35H,2-4,6-7,16H2,1H3,(H,30,36). The third-order valence-corrected chi connectivity index (χ3v) is 8.24. The average molecular weight is 545 g/mol. The first-order chi connectivity index (χ1) is 18.9. The first-order valence-electron chi connectivity index (χ1n) is 12.9. The molecule has 200 valence electrons. The van der Waals surface area contributed by atoms with Crippen molar-refractivity contribution in [3.05, 3.63) is 65.1 Å². The molecule has 1 aliphatic rings. The summed E-state index contributed by atoms with van der Waals surface area (Å²) < 4.78 is 8.75. The van der Waals surface area contributed by atoms with Crippen LogP contribution < -0.4 is 10.9 Å². The number of hydrogen-bond donors (Lipinski definition) is 3. The first-order valence-corrected chi connectivity index (χ1v) is 13.9. The van der Waals surface area contributed by atoms with Crippen molar-refractivity contribution in [3.8, 4) is 28.5 Å². The summed E-state index contributed by atoms with van der Waals surface area (Å²) in [6, 6.07) is 13.8. The molecule has 10 heteroatoms. The molecule has 5 aromatic rings. The van der Waals surface area contributed by atoms with Crippen LogP contribution in [0, 0.1) is 0 Å². The molecule has 3 aromatic heterocycles. The lowest BCUT2D eigenvalue weighted by Crippen LogP contribution is -2.37. The Bertz CT molecular complexity index is 1750. The van der Waals surface area contributed by atoms with Gasteiger partial charge < -0.3 is 24.5 Å². The van der Waals surface area contributed by atoms with E-state index in [1.165, 1.54) is 40.9 Å². The molecule has 1 fully saturated rings. The number of nitrogens with one attached hydrogen (secondary N) is 1. The molecule has 0 radical (unpaired) electrons. The molecule has 3 N–H and O–H groups in total. The summed E-state index contributed by atoms with van der Waals surface area (Å²) in [5.74, 6) is 0.0266. The van der Waals surface area contributed by atoms with Gasteiger partial charge in [0.25, 0.3) is 5.56 Å². The van der Waals surface area contributed by atoms with Crippen molar-refractivity contribution >= 4 is 39.6 Å². The van der Waals surface area contributed by atoms with E-state index in [-0.39, 0.29) is 34.8 Å². The third-order valence-electron chi connectivity index (χ3n) is 7.30. The van der Waals surface area contributed by atoms with E-state index in [1.54, 1.807) is 10.8 Å². The van der Waals surface area contributed by atoms with Crippen molar-refractivity contribution in [3.63, 3.8) is 0 Å². The van der Waals surface area contributed by atoms with Gasteiger partial charge in [0, 0.05) is 30.1 Å². The van der Waals surface area contributed by atoms with Crippen LogP contribution >= 0.6 is 11.8 Å². The number of furan rings is 1. The maximum atomic E-state index is 14.0. The Labute approximate surface area is 228 Å². The number of phenols is 2. The molecule has 3 heterocycles. The number of amides is 1. The normalized spacial score (nSPS) is 14.3. The summed E-state index contributed by atoms with van der Waals surface area (Å²) in [5, 5.41) is 24.2. The summed E-state index contributed by atoms with van der Waals surface area (Å²) in [5.41, 5.74) is 2.56. The highest BCUT2D eigenvalue weighted by Crippen LogP contribution is 2.33. The van der Waals surface area contributed by atoms with Gasteiger partial charge in [0.2, 0.25) is 5.91 Å². The van der Waals surface area contributed by atoms with E-state index >= 15 is 0 Å². The molecule has 2 aromatic carbocycles. The topological polar surface area (TPSA) is 123 Å². The van der Waals surface area contributed by atoms with Crippen LogP contribution in [0.15, 0.2) is 69.2 Å². The monoisotopic (exact) mass is 544 g/mol. The third kappa shape index (κ3) is 4.65. The smallest absolute Gasteiger partial charge is 0.283 e. The van der Waals surface area contributed by atoms with Crippen LogP contribution in [-0.2, 0) is 11.8 Å². The number of aromatic hydroxyl groups is 2. The van der Waals surface area contributed by atoms with Crippen molar-refractivity contribution in [1.29, 1.82) is 0 Å². The zero-order chi connectivity index (χ0) is 27.1. The first kappa shape index (κ1) is 25.1. The lowest BCUT2D eigenvalue weighted by atomic mass is 9.95. The number of rotatable bonds is 6. The van der Waals surface area contributed by atoms with Crippen molar-refractivity contribution in [2.45, 2.75) is 43.3 Å². The van der Waals surface area contributed by atoms with Gasteiger partial charge in [-0.15, -0.1) is 0 Å². The quantitative estimate of drug-likeness (QED) is 0.155. The van der Waals surface area contributed by atoms with Crippen LogP contribution in [0.25, 0.3) is 38.9 Å². The zero-order valence-corrected chi connectivity index (χ0v) is 22.2. The van der Waals surface area contributed by atoms with Gasteiger partial charge in [-0.2, -0.15) is 0 Å². The summed E-state index contributed by atoms with van der Waals surface area (Å²) in [6.07, 6.45) is 6.99. The number of fused-ring (bicyclic) bond motifs is 3. The fourth-order valence-corrected chi connectivity index (χ4v) is 6.16. The number of phenolic OH excluding ortho intramolecular Hbond substituents is 2. The fraction of sp³-hybridized carbons (Fsp3) is 0.276. The molecular weight excluding hydrogens is 516 g/mol. The van der Waals surface area contributed by atoms with Crippen LogP contribution in [0.5, 0.6) is 11.5 Å². The number of benzene rings is 2. The van der Waals surface area contributed by atoms with Crippen LogP contribution in [-0.4, -0.2) is 42.0 Å². The van der Waals surface area contributed by atoms with Crippen LogP contribution in [0.4, 0.5) is 0 Å². The minimum Gasteiger partial charge on any atom is -0.504 e. The second-order valence-corrected chi connectivity index (χ2v) is 10.8. The summed E-state index contributed by atoms with van der Waals surface area (Å²) in [7, 11) is 1.81. The summed E-state index contributed by atoms with van der Waals surface area (Å²) in [6.45, 7) is 0. The highest BCUT2D eigenvalue weighted by Gasteiger charge is 2.22. The largest absolute Gasteiger partial charge is 0.504 e. The molecule has 39 heavy (non-hydrogen) atoms. The molecule has 1 saturated carbocycles. The summed E-state index contributed by atoms with van der Waals surface area (Å²) in [4.78, 5) is 31.8. The SMILES string of the molecule is Cn1c2ccc(-c3ccco3)cc2c2nc(SCC(=O)NC3CCCCC3)n(-c3ccc(O)c(O)c3)c(=O)c21. The highest BCUT2D eigenvalue weighted by molar-refractivity contribution is 7.99. The molecule has 9 nitrogen and oxygen atoms in total. The maximum absolute atomic E-state index is 14.0. The van der Waals surface area contributed by atoms with E-state index in [2.05, 4.69) is 5.32 Å². The van der Waals surface area contributed by atoms with E-state index in [9.17, 15) is 19.8 Å². The second-order valence-electron chi connectivity index (χ2n) is 9.86. The second kappa shape index (κ2) is 10.2. The molecule has 0 spiro atoms. The van der Waals surface area contributed by atoms with E-state index in [1.807, 2.05) is 37.4 Å². The van der Waals surface area contributed by atoms with Crippen LogP contribution in [0.3, 0.4) is 0 Å². The number of nitrogens with zero attached hydrogens (tertiary/aromatic N) is 3. The number of hydrogen-bond acceptors (Lipinski definition) is 7. The van der Waals surface area contributed by atoms with Crippen molar-refractivity contribution < 1.29 is 19.4 Å². The molecule has 1 amide bonds. The van der Waals surface area contributed by atoms with Crippen LogP contribution in [0.2, 0.25) is 0 Å². The predicted molar refractivity (Wildman–Crippen MR) is 151 cm³/mol. The molecule has 1 aliphatic carbocycles. The number of thioether (sulfide) groups is 1. The van der Waals surface area contributed by atoms with Gasteiger partial charge >= 0.3 is 0 Å². The van der Waals surface area contributed by atoms with Gasteiger partial charge in [0.15, 0.2) is 16.7 Å². The van der Waals surface area contributed by atoms with Gasteiger partial charge in [-0.05, 0) is 55.3 Å². The molecule has 0 aliphatic heterocycles. The fourth-order valence-electron chi connectivity index (χ4n) is 5.34. The van der Waals surface area contributed by atoms with E-state index in [0.717, 1.165) is 42.1 Å². The van der Waals surface area contributed by atoms with E-state index in [0.29, 0.717) is 27.6 Å². The molecule has 0 unspecified atom stereocenters. The van der Waals surface area contributed by atoms with Crippen molar-refractivity contribution in [2.24, 2.45) is 7.05 Å². The molecule has 0 saturated heterocycles. The Balaban J connectivity index is 1.48. The highest BCUT2D eigenvalue weighted by atomic mass is 32.2. The van der Waals surface area contributed by atoms with Gasteiger partial charge in [-0.1, -0.05) is 31.0 Å². The minimum atomic E-state index is -0.356. The van der Waals surface area contributed by atoms with E-state index < -0.39 is 0 Å². The van der Waals surface area contributed by atoms with Crippen molar-refractivity contribution in [1.82, 2.24) is 19.4 Å². The average Bonchev–Trinajstić information content (AvgIpc) is 3.57. The van der Waals surface area contributed by atoms with Crippen molar-refractivity contribution in [2.75, 3.05) is 5.75 Å². The number of aryl methyl sites for hydroxylation is 1. The Morgan fingerprint density at radius 2 is 1.92 bits per heavy atom. The zero-order valence-electron chi connectivity index (χ0n) is 21.4. The number of aromatic nitrogens is 3. The van der Waals surface area contributed by atoms with E-state index in [4.69, 9.17) is 9.40 Å². The Kier molecular flexibility index (Phi) is 6.56. The number of carbonyl (C=O) groups is 1. The van der Waals surface area contributed by atoms with Crippen LogP contribution in [0.1, 0.15) is 32.1 Å². The molecule has 6 rings (SSSR count). The van der Waals surface area contributed by atoms with Gasteiger partial charge in [-0.25, -0.2) is 4.98 Å². The maximum Gasteiger partial charge on any atom is 0.283 e. The lowest BCUT2D eigenvalue weighted by molar-refractivity contribution is -0.119. The molecule has 0 bridgehead atoms. The lowest BCUT2D eigenvalue weighted by Gasteiger charge is -2.22. The predicted octanol–water partition coefficient (Wildman–Crippen LogP) is 5.09. The Morgan fingerprint density at radius 3 is 2.67 bits per heavy atom.